The van der Waals surface area contributed by atoms with Gasteiger partial charge in [0, 0.05) is 12.3 Å². The van der Waals surface area contributed by atoms with Gasteiger partial charge in [-0.2, -0.15) is 0 Å². The summed E-state index contributed by atoms with van der Waals surface area (Å²) in [5, 5.41) is 4.85. The van der Waals surface area contributed by atoms with Crippen molar-refractivity contribution >= 4 is 34.5 Å². The molecule has 2 amide bonds. The van der Waals surface area contributed by atoms with Crippen LogP contribution in [0.4, 0.5) is 0 Å². The molecule has 0 aliphatic carbocycles. The number of hydrogen-bond acceptors (Lipinski definition) is 6. The Kier molecular flexibility index (Phi) is 11.3. The first kappa shape index (κ1) is 23.6. The minimum atomic E-state index is -0.745. The molecule has 0 rings (SSSR count). The average Bonchev–Trinajstić information content (AvgIpc) is 2.60. The van der Waals surface area contributed by atoms with Crippen LogP contribution in [-0.2, 0) is 19.2 Å². The van der Waals surface area contributed by atoms with Gasteiger partial charge in [-0.05, 0) is 18.6 Å². The second-order valence-corrected chi connectivity index (χ2v) is 7.24. The number of amides is 2. The molecule has 3 atom stereocenters. The van der Waals surface area contributed by atoms with Crippen molar-refractivity contribution in [2.45, 2.75) is 59.0 Å². The van der Waals surface area contributed by atoms with Gasteiger partial charge in [0.25, 0.3) is 0 Å². The van der Waals surface area contributed by atoms with E-state index in [2.05, 4.69) is 10.6 Å². The second-order valence-electron chi connectivity index (χ2n) is 6.43. The molecular weight excluding hydrogens is 342 g/mol. The first-order valence-corrected chi connectivity index (χ1v) is 9.79. The van der Waals surface area contributed by atoms with Gasteiger partial charge in [-0.15, -0.1) is 0 Å². The van der Waals surface area contributed by atoms with Crippen molar-refractivity contribution in [2.24, 2.45) is 17.6 Å². The largest absolute Gasteiger partial charge is 0.346 e. The Balaban J connectivity index is 4.54. The first-order valence-electron chi connectivity index (χ1n) is 8.57. The highest BCUT2D eigenvalue weighted by Gasteiger charge is 2.23. The van der Waals surface area contributed by atoms with Crippen LogP contribution in [0.25, 0.3) is 0 Å². The Labute approximate surface area is 154 Å². The van der Waals surface area contributed by atoms with Gasteiger partial charge in [-0.1, -0.05) is 45.9 Å². The van der Waals surface area contributed by atoms with Crippen molar-refractivity contribution in [2.75, 3.05) is 12.8 Å². The highest BCUT2D eigenvalue weighted by atomic mass is 32.2. The van der Waals surface area contributed by atoms with Crippen LogP contribution in [0, 0.1) is 11.8 Å². The Bertz CT molecular complexity index is 483. The molecule has 0 spiro atoms. The van der Waals surface area contributed by atoms with Crippen LogP contribution in [0.2, 0.25) is 0 Å². The average molecular weight is 374 g/mol. The van der Waals surface area contributed by atoms with Crippen molar-refractivity contribution < 1.29 is 19.2 Å². The Morgan fingerprint density at radius 2 is 1.72 bits per heavy atom. The molecule has 0 radical (unpaired) electrons. The molecular formula is C17H31N3O4S. The predicted octanol–water partition coefficient (Wildman–Crippen LogP) is 0.856. The van der Waals surface area contributed by atoms with E-state index in [1.165, 1.54) is 0 Å². The van der Waals surface area contributed by atoms with E-state index in [0.717, 1.165) is 18.2 Å². The van der Waals surface area contributed by atoms with E-state index >= 15 is 0 Å². The van der Waals surface area contributed by atoms with E-state index in [1.807, 2.05) is 13.8 Å². The van der Waals surface area contributed by atoms with Gasteiger partial charge in [0.2, 0.25) is 16.9 Å². The molecule has 0 saturated carbocycles. The van der Waals surface area contributed by atoms with E-state index in [9.17, 15) is 19.2 Å². The molecule has 25 heavy (non-hydrogen) atoms. The van der Waals surface area contributed by atoms with E-state index < -0.39 is 23.9 Å². The SMILES string of the molecule is CC[C@H](C)[C@H](N)C(=O)NCC(=O)N[C@@H](CCC(=O)C(C)C)C(=O)SC. The van der Waals surface area contributed by atoms with Gasteiger partial charge in [-0.3, -0.25) is 19.2 Å². The monoisotopic (exact) mass is 373 g/mol. The maximum Gasteiger partial charge on any atom is 0.240 e. The van der Waals surface area contributed by atoms with Gasteiger partial charge in [-0.25, -0.2) is 0 Å². The fourth-order valence-electron chi connectivity index (χ4n) is 2.01. The molecule has 0 aromatic heterocycles. The molecule has 0 aromatic carbocycles. The fourth-order valence-corrected chi connectivity index (χ4v) is 2.47. The van der Waals surface area contributed by atoms with Crippen LogP contribution in [0.15, 0.2) is 0 Å². The van der Waals surface area contributed by atoms with Gasteiger partial charge >= 0.3 is 0 Å². The lowest BCUT2D eigenvalue weighted by Crippen LogP contribution is -2.49. The summed E-state index contributed by atoms with van der Waals surface area (Å²) in [5.41, 5.74) is 5.80. The zero-order chi connectivity index (χ0) is 19.6. The number of carbonyl (C=O) groups excluding carboxylic acids is 4. The number of nitrogens with two attached hydrogens (primary N) is 1. The quantitative estimate of drug-likeness (QED) is 0.494. The van der Waals surface area contributed by atoms with E-state index in [4.69, 9.17) is 5.73 Å². The number of ketones is 1. The molecule has 8 heteroatoms. The molecule has 0 unspecified atom stereocenters. The van der Waals surface area contributed by atoms with Gasteiger partial charge in [0.15, 0.2) is 0 Å². The molecule has 7 nitrogen and oxygen atoms in total. The number of thioether (sulfide) groups is 1. The van der Waals surface area contributed by atoms with Crippen LogP contribution in [-0.4, -0.2) is 47.6 Å². The molecule has 0 saturated heterocycles. The highest BCUT2D eigenvalue weighted by Crippen LogP contribution is 2.10. The maximum atomic E-state index is 12.0. The number of hydrogen-bond donors (Lipinski definition) is 3. The third-order valence-corrected chi connectivity index (χ3v) is 4.81. The first-order chi connectivity index (χ1) is 11.6. The number of carbonyl (C=O) groups is 4. The van der Waals surface area contributed by atoms with E-state index in [-0.39, 0.29) is 42.1 Å². The second kappa shape index (κ2) is 12.0. The van der Waals surface area contributed by atoms with E-state index in [1.54, 1.807) is 20.1 Å². The molecule has 144 valence electrons. The number of rotatable bonds is 11. The van der Waals surface area contributed by atoms with Crippen LogP contribution < -0.4 is 16.4 Å². The fraction of sp³-hybridized carbons (Fsp3) is 0.765. The summed E-state index contributed by atoms with van der Waals surface area (Å²) in [7, 11) is 0. The molecule has 0 heterocycles. The summed E-state index contributed by atoms with van der Waals surface area (Å²) in [6.07, 6.45) is 2.86. The standard InChI is InChI=1S/C17H31N3O4S/c1-6-11(4)15(18)16(23)19-9-14(22)20-12(17(24)25-5)7-8-13(21)10(2)3/h10-12,15H,6-9,18H2,1-5H3,(H,19,23)(H,20,22)/t11-,12-,15-/m0/s1. The van der Waals surface area contributed by atoms with Crippen LogP contribution >= 0.6 is 11.8 Å². The summed E-state index contributed by atoms with van der Waals surface area (Å²) in [6.45, 7) is 7.13. The Hall–Kier alpha value is -1.41. The zero-order valence-corrected chi connectivity index (χ0v) is 16.6. The van der Waals surface area contributed by atoms with Crippen molar-refractivity contribution in [3.63, 3.8) is 0 Å². The van der Waals surface area contributed by atoms with Crippen LogP contribution in [0.5, 0.6) is 0 Å². The Morgan fingerprint density at radius 1 is 1.12 bits per heavy atom. The smallest absolute Gasteiger partial charge is 0.240 e. The minimum absolute atomic E-state index is 0.0101. The predicted molar refractivity (Wildman–Crippen MR) is 100.0 cm³/mol. The summed E-state index contributed by atoms with van der Waals surface area (Å²) in [6, 6.07) is -1.42. The van der Waals surface area contributed by atoms with Crippen molar-refractivity contribution in [1.82, 2.24) is 10.6 Å². The lowest BCUT2D eigenvalue weighted by atomic mass is 9.99. The zero-order valence-electron chi connectivity index (χ0n) is 15.8. The summed E-state index contributed by atoms with van der Waals surface area (Å²) in [5.74, 6) is -0.930. The molecule has 4 N–H and O–H groups in total. The van der Waals surface area contributed by atoms with Gasteiger partial charge in [0.05, 0.1) is 18.6 Å². The Morgan fingerprint density at radius 3 is 2.20 bits per heavy atom. The third-order valence-electron chi connectivity index (χ3n) is 4.13. The summed E-state index contributed by atoms with van der Waals surface area (Å²) in [4.78, 5) is 47.5. The normalized spacial score (nSPS) is 14.5. The van der Waals surface area contributed by atoms with Gasteiger partial charge < -0.3 is 16.4 Å². The van der Waals surface area contributed by atoms with Crippen LogP contribution in [0.1, 0.15) is 47.0 Å². The molecule has 0 aliphatic heterocycles. The van der Waals surface area contributed by atoms with Crippen molar-refractivity contribution in [3.05, 3.63) is 0 Å². The lowest BCUT2D eigenvalue weighted by Gasteiger charge is -2.19. The molecule has 0 aromatic rings. The maximum absolute atomic E-state index is 12.0. The number of nitrogens with one attached hydrogen (secondary N) is 2. The van der Waals surface area contributed by atoms with Crippen molar-refractivity contribution in [1.29, 1.82) is 0 Å². The summed E-state index contributed by atoms with van der Waals surface area (Å²) < 4.78 is 0. The lowest BCUT2D eigenvalue weighted by molar-refractivity contribution is -0.128. The highest BCUT2D eigenvalue weighted by molar-refractivity contribution is 8.13. The molecule has 0 aliphatic rings. The topological polar surface area (TPSA) is 118 Å². The van der Waals surface area contributed by atoms with Crippen molar-refractivity contribution in [3.8, 4) is 0 Å². The minimum Gasteiger partial charge on any atom is -0.346 e. The van der Waals surface area contributed by atoms with Crippen LogP contribution in [0.3, 0.4) is 0 Å². The number of Topliss-reactive ketones (excluding diaryl/α,β-unsaturated/α-hetero) is 1. The molecule has 0 bridgehead atoms. The third kappa shape index (κ3) is 9.02. The molecule has 0 fully saturated rings. The van der Waals surface area contributed by atoms with E-state index in [0.29, 0.717) is 0 Å². The summed E-state index contributed by atoms with van der Waals surface area (Å²) >= 11 is 0.999. The van der Waals surface area contributed by atoms with Gasteiger partial charge in [0.1, 0.15) is 5.78 Å².